The highest BCUT2D eigenvalue weighted by Crippen LogP contribution is 2.34. The maximum atomic E-state index is 12.6. The van der Waals surface area contributed by atoms with E-state index >= 15 is 0 Å². The highest BCUT2D eigenvalue weighted by Gasteiger charge is 2.30. The van der Waals surface area contributed by atoms with Crippen LogP contribution in [0.25, 0.3) is 0 Å². The summed E-state index contributed by atoms with van der Waals surface area (Å²) in [7, 11) is 0. The molecule has 1 aromatic carbocycles. The second-order valence-corrected chi connectivity index (χ2v) is 7.21. The van der Waals surface area contributed by atoms with Crippen molar-refractivity contribution in [1.29, 1.82) is 0 Å². The lowest BCUT2D eigenvalue weighted by molar-refractivity contribution is -0.129. The number of ether oxygens (including phenoxy) is 2. The Bertz CT molecular complexity index is 653. The number of anilines is 1. The summed E-state index contributed by atoms with van der Waals surface area (Å²) in [5, 5.41) is 6.02. The van der Waals surface area contributed by atoms with E-state index in [0.717, 1.165) is 37.8 Å². The van der Waals surface area contributed by atoms with Crippen molar-refractivity contribution in [3.05, 3.63) is 18.2 Å². The van der Waals surface area contributed by atoms with E-state index in [2.05, 4.69) is 17.6 Å². The zero-order valence-electron chi connectivity index (χ0n) is 15.5. The van der Waals surface area contributed by atoms with E-state index in [-0.39, 0.29) is 29.7 Å². The van der Waals surface area contributed by atoms with Crippen LogP contribution in [0.3, 0.4) is 0 Å². The van der Waals surface area contributed by atoms with Gasteiger partial charge < -0.3 is 20.1 Å². The molecule has 26 heavy (non-hydrogen) atoms. The van der Waals surface area contributed by atoms with Crippen molar-refractivity contribution in [1.82, 2.24) is 5.32 Å². The van der Waals surface area contributed by atoms with Gasteiger partial charge in [0, 0.05) is 29.6 Å². The molecule has 6 heteroatoms. The Balaban J connectivity index is 1.50. The number of carbonyl (C=O) groups excluding carboxylic acids is 2. The minimum atomic E-state index is -0.0455. The summed E-state index contributed by atoms with van der Waals surface area (Å²) in [5.41, 5.74) is 0.718. The molecule has 2 amide bonds. The average molecular weight is 360 g/mol. The normalized spacial score (nSPS) is 23.0. The number of rotatable bonds is 5. The summed E-state index contributed by atoms with van der Waals surface area (Å²) in [6.45, 7) is 5.15. The van der Waals surface area contributed by atoms with E-state index in [9.17, 15) is 9.59 Å². The SMILES string of the molecule is CCC(C)NC(=O)C1CCC(C(=O)Nc2ccc3c(c2)OCCO3)CC1. The predicted molar refractivity (Wildman–Crippen MR) is 99.4 cm³/mol. The molecule has 1 aromatic rings. The molecule has 1 fully saturated rings. The van der Waals surface area contributed by atoms with Crippen LogP contribution in [0.15, 0.2) is 18.2 Å². The Labute approximate surface area is 154 Å². The molecule has 1 saturated carbocycles. The molecule has 0 saturated heterocycles. The molecule has 0 radical (unpaired) electrons. The number of nitrogens with one attached hydrogen (secondary N) is 2. The lowest BCUT2D eigenvalue weighted by Crippen LogP contribution is -2.39. The summed E-state index contributed by atoms with van der Waals surface area (Å²) in [4.78, 5) is 24.8. The molecule has 1 heterocycles. The third kappa shape index (κ3) is 4.48. The van der Waals surface area contributed by atoms with Gasteiger partial charge in [-0.15, -0.1) is 0 Å². The molecule has 0 aromatic heterocycles. The van der Waals surface area contributed by atoms with Crippen molar-refractivity contribution in [2.75, 3.05) is 18.5 Å². The van der Waals surface area contributed by atoms with E-state index in [0.29, 0.717) is 24.7 Å². The topological polar surface area (TPSA) is 76.7 Å². The molecule has 6 nitrogen and oxygen atoms in total. The predicted octanol–water partition coefficient (Wildman–Crippen LogP) is 3.12. The number of fused-ring (bicyclic) bond motifs is 1. The largest absolute Gasteiger partial charge is 0.486 e. The second-order valence-electron chi connectivity index (χ2n) is 7.21. The lowest BCUT2D eigenvalue weighted by atomic mass is 9.81. The van der Waals surface area contributed by atoms with Gasteiger partial charge in [-0.3, -0.25) is 9.59 Å². The van der Waals surface area contributed by atoms with Crippen molar-refractivity contribution in [2.24, 2.45) is 11.8 Å². The summed E-state index contributed by atoms with van der Waals surface area (Å²) in [5.74, 6) is 1.51. The molecule has 142 valence electrons. The molecule has 2 aliphatic rings. The summed E-state index contributed by atoms with van der Waals surface area (Å²) >= 11 is 0. The number of carbonyl (C=O) groups is 2. The van der Waals surface area contributed by atoms with Crippen molar-refractivity contribution in [2.45, 2.75) is 52.0 Å². The lowest BCUT2D eigenvalue weighted by Gasteiger charge is -2.28. The molecule has 1 unspecified atom stereocenters. The smallest absolute Gasteiger partial charge is 0.227 e. The Morgan fingerprint density at radius 2 is 1.65 bits per heavy atom. The van der Waals surface area contributed by atoms with Crippen LogP contribution in [-0.2, 0) is 9.59 Å². The van der Waals surface area contributed by atoms with Crippen LogP contribution in [0.1, 0.15) is 46.0 Å². The van der Waals surface area contributed by atoms with Crippen LogP contribution < -0.4 is 20.1 Å². The maximum absolute atomic E-state index is 12.6. The first-order valence-electron chi connectivity index (χ1n) is 9.57. The van der Waals surface area contributed by atoms with Gasteiger partial charge >= 0.3 is 0 Å². The van der Waals surface area contributed by atoms with Gasteiger partial charge in [0.25, 0.3) is 0 Å². The third-order valence-corrected chi connectivity index (χ3v) is 5.28. The first-order chi connectivity index (χ1) is 12.6. The first kappa shape index (κ1) is 18.5. The summed E-state index contributed by atoms with van der Waals surface area (Å²) in [6, 6.07) is 5.66. The van der Waals surface area contributed by atoms with Crippen LogP contribution in [0.4, 0.5) is 5.69 Å². The van der Waals surface area contributed by atoms with Gasteiger partial charge in [-0.2, -0.15) is 0 Å². The Kier molecular flexibility index (Phi) is 6.01. The zero-order chi connectivity index (χ0) is 18.5. The minimum Gasteiger partial charge on any atom is -0.486 e. The molecule has 2 N–H and O–H groups in total. The van der Waals surface area contributed by atoms with E-state index in [4.69, 9.17) is 9.47 Å². The van der Waals surface area contributed by atoms with Crippen LogP contribution >= 0.6 is 0 Å². The Hall–Kier alpha value is -2.24. The van der Waals surface area contributed by atoms with Gasteiger partial charge in [-0.1, -0.05) is 6.92 Å². The number of hydrogen-bond acceptors (Lipinski definition) is 4. The fourth-order valence-electron chi connectivity index (χ4n) is 3.45. The Morgan fingerprint density at radius 1 is 1.04 bits per heavy atom. The van der Waals surface area contributed by atoms with Crippen molar-refractivity contribution in [3.8, 4) is 11.5 Å². The molecule has 0 bridgehead atoms. The van der Waals surface area contributed by atoms with Gasteiger partial charge in [0.2, 0.25) is 11.8 Å². The zero-order valence-corrected chi connectivity index (χ0v) is 15.5. The third-order valence-electron chi connectivity index (χ3n) is 5.28. The van der Waals surface area contributed by atoms with Crippen molar-refractivity contribution in [3.63, 3.8) is 0 Å². The second kappa shape index (κ2) is 8.43. The number of amides is 2. The van der Waals surface area contributed by atoms with Gasteiger partial charge in [0.05, 0.1) is 0 Å². The van der Waals surface area contributed by atoms with Gasteiger partial charge in [-0.25, -0.2) is 0 Å². The van der Waals surface area contributed by atoms with Crippen LogP contribution in [0, 0.1) is 11.8 Å². The maximum Gasteiger partial charge on any atom is 0.227 e. The quantitative estimate of drug-likeness (QED) is 0.846. The fourth-order valence-corrected chi connectivity index (χ4v) is 3.45. The van der Waals surface area contributed by atoms with E-state index in [1.807, 2.05) is 19.1 Å². The standard InChI is InChI=1S/C20H28N2O4/c1-3-13(2)21-19(23)14-4-6-15(7-5-14)20(24)22-16-8-9-17-18(12-16)26-11-10-25-17/h8-9,12-15H,3-7,10-11H2,1-2H3,(H,21,23)(H,22,24). The van der Waals surface area contributed by atoms with Gasteiger partial charge in [0.1, 0.15) is 13.2 Å². The molecular formula is C20H28N2O4. The number of benzene rings is 1. The van der Waals surface area contributed by atoms with Gasteiger partial charge in [0.15, 0.2) is 11.5 Å². The average Bonchev–Trinajstić information content (AvgIpc) is 2.67. The van der Waals surface area contributed by atoms with E-state index in [1.165, 1.54) is 0 Å². The highest BCUT2D eigenvalue weighted by atomic mass is 16.6. The highest BCUT2D eigenvalue weighted by molar-refractivity contribution is 5.93. The van der Waals surface area contributed by atoms with Crippen molar-refractivity contribution >= 4 is 17.5 Å². The van der Waals surface area contributed by atoms with Crippen LogP contribution in [0.5, 0.6) is 11.5 Å². The molecule has 1 atom stereocenters. The first-order valence-corrected chi connectivity index (χ1v) is 9.57. The van der Waals surface area contributed by atoms with Crippen LogP contribution in [0.2, 0.25) is 0 Å². The van der Waals surface area contributed by atoms with Crippen LogP contribution in [-0.4, -0.2) is 31.1 Å². The summed E-state index contributed by atoms with van der Waals surface area (Å²) in [6.07, 6.45) is 3.95. The van der Waals surface area contributed by atoms with E-state index < -0.39 is 0 Å². The molecule has 1 aliphatic carbocycles. The number of hydrogen-bond donors (Lipinski definition) is 2. The Morgan fingerprint density at radius 3 is 2.31 bits per heavy atom. The molecule has 0 spiro atoms. The van der Waals surface area contributed by atoms with Gasteiger partial charge in [-0.05, 0) is 51.2 Å². The van der Waals surface area contributed by atoms with Crippen molar-refractivity contribution < 1.29 is 19.1 Å². The molecule has 1 aliphatic heterocycles. The monoisotopic (exact) mass is 360 g/mol. The minimum absolute atomic E-state index is 0.0162. The molecular weight excluding hydrogens is 332 g/mol. The summed E-state index contributed by atoms with van der Waals surface area (Å²) < 4.78 is 11.0. The fraction of sp³-hybridized carbons (Fsp3) is 0.600. The van der Waals surface area contributed by atoms with E-state index in [1.54, 1.807) is 6.07 Å². The molecule has 3 rings (SSSR count).